The number of nitrogens with zero attached hydrogens (tertiary/aromatic N) is 3. The molecule has 6 heteroatoms. The second-order valence-corrected chi connectivity index (χ2v) is 5.49. The van der Waals surface area contributed by atoms with Crippen molar-refractivity contribution in [2.45, 2.75) is 13.8 Å². The van der Waals surface area contributed by atoms with Crippen molar-refractivity contribution in [2.24, 2.45) is 5.92 Å². The molecule has 1 aromatic heterocycles. The van der Waals surface area contributed by atoms with Gasteiger partial charge in [-0.3, -0.25) is 0 Å². The number of benzene rings is 1. The third kappa shape index (κ3) is 4.48. The van der Waals surface area contributed by atoms with E-state index >= 15 is 0 Å². The lowest BCUT2D eigenvalue weighted by atomic mass is 10.2. The van der Waals surface area contributed by atoms with E-state index in [1.165, 1.54) is 0 Å². The standard InChI is InChI=1S/C13H16BrN5/c1-9(2)7-15-13-18-12(8-16-19-13)17-11-5-3-10(14)4-6-11/h3-6,8-9H,7H2,1-2H3,(H2,15,17,18,19). The van der Waals surface area contributed by atoms with E-state index < -0.39 is 0 Å². The van der Waals surface area contributed by atoms with Crippen LogP contribution >= 0.6 is 15.9 Å². The van der Waals surface area contributed by atoms with Gasteiger partial charge in [-0.1, -0.05) is 29.8 Å². The molecule has 0 spiro atoms. The molecule has 0 bridgehead atoms. The lowest BCUT2D eigenvalue weighted by molar-refractivity contribution is 0.682. The Morgan fingerprint density at radius 1 is 1.21 bits per heavy atom. The molecular weight excluding hydrogens is 306 g/mol. The summed E-state index contributed by atoms with van der Waals surface area (Å²) in [6.45, 7) is 5.08. The summed E-state index contributed by atoms with van der Waals surface area (Å²) >= 11 is 3.40. The second kappa shape index (κ2) is 6.47. The molecule has 0 radical (unpaired) electrons. The zero-order valence-electron chi connectivity index (χ0n) is 10.9. The summed E-state index contributed by atoms with van der Waals surface area (Å²) in [4.78, 5) is 4.35. The van der Waals surface area contributed by atoms with Gasteiger partial charge in [0.05, 0.1) is 6.20 Å². The van der Waals surface area contributed by atoms with Crippen LogP contribution in [0.4, 0.5) is 17.5 Å². The number of hydrogen-bond donors (Lipinski definition) is 2. The third-order valence-electron chi connectivity index (χ3n) is 2.34. The average molecular weight is 322 g/mol. The molecule has 0 unspecified atom stereocenters. The Bertz CT molecular complexity index is 527. The van der Waals surface area contributed by atoms with Crippen LogP contribution in [0.3, 0.4) is 0 Å². The van der Waals surface area contributed by atoms with Gasteiger partial charge in [0.15, 0.2) is 5.82 Å². The topological polar surface area (TPSA) is 62.7 Å². The Kier molecular flexibility index (Phi) is 4.68. The normalized spacial score (nSPS) is 10.5. The highest BCUT2D eigenvalue weighted by atomic mass is 79.9. The Morgan fingerprint density at radius 2 is 1.95 bits per heavy atom. The molecule has 0 amide bonds. The maximum atomic E-state index is 4.35. The van der Waals surface area contributed by atoms with Gasteiger partial charge < -0.3 is 10.6 Å². The van der Waals surface area contributed by atoms with Crippen LogP contribution in [0.15, 0.2) is 34.9 Å². The molecule has 19 heavy (non-hydrogen) atoms. The van der Waals surface area contributed by atoms with E-state index in [1.807, 2.05) is 24.3 Å². The molecule has 0 fully saturated rings. The van der Waals surface area contributed by atoms with Gasteiger partial charge in [0.2, 0.25) is 5.95 Å². The smallest absolute Gasteiger partial charge is 0.244 e. The van der Waals surface area contributed by atoms with E-state index in [1.54, 1.807) is 6.20 Å². The number of aromatic nitrogens is 3. The van der Waals surface area contributed by atoms with Crippen molar-refractivity contribution < 1.29 is 0 Å². The van der Waals surface area contributed by atoms with Gasteiger partial charge in [-0.2, -0.15) is 10.1 Å². The zero-order valence-corrected chi connectivity index (χ0v) is 12.5. The van der Waals surface area contributed by atoms with Crippen LogP contribution in [0, 0.1) is 5.92 Å². The van der Waals surface area contributed by atoms with E-state index in [0.29, 0.717) is 17.7 Å². The largest absolute Gasteiger partial charge is 0.353 e. The maximum Gasteiger partial charge on any atom is 0.244 e. The Labute approximate surface area is 121 Å². The molecule has 1 aromatic carbocycles. The van der Waals surface area contributed by atoms with Crippen LogP contribution in [-0.2, 0) is 0 Å². The summed E-state index contributed by atoms with van der Waals surface area (Å²) in [7, 11) is 0. The summed E-state index contributed by atoms with van der Waals surface area (Å²) in [5, 5.41) is 14.2. The van der Waals surface area contributed by atoms with Gasteiger partial charge in [-0.25, -0.2) is 0 Å². The molecule has 5 nitrogen and oxygen atoms in total. The van der Waals surface area contributed by atoms with Gasteiger partial charge in [-0.15, -0.1) is 5.10 Å². The molecule has 0 saturated carbocycles. The van der Waals surface area contributed by atoms with Crippen molar-refractivity contribution in [3.05, 3.63) is 34.9 Å². The molecule has 2 N–H and O–H groups in total. The van der Waals surface area contributed by atoms with Crippen molar-refractivity contribution in [1.82, 2.24) is 15.2 Å². The molecule has 0 saturated heterocycles. The molecular formula is C13H16BrN5. The highest BCUT2D eigenvalue weighted by Crippen LogP contribution is 2.17. The van der Waals surface area contributed by atoms with E-state index in [9.17, 15) is 0 Å². The van der Waals surface area contributed by atoms with E-state index in [0.717, 1.165) is 16.7 Å². The predicted molar refractivity (Wildman–Crippen MR) is 80.6 cm³/mol. The first-order valence-corrected chi connectivity index (χ1v) is 6.89. The zero-order chi connectivity index (χ0) is 13.7. The SMILES string of the molecule is CC(C)CNc1nncc(Nc2ccc(Br)cc2)n1. The maximum absolute atomic E-state index is 4.35. The van der Waals surface area contributed by atoms with Crippen LogP contribution in [0.5, 0.6) is 0 Å². The first kappa shape index (κ1) is 13.7. The fourth-order valence-corrected chi connectivity index (χ4v) is 1.68. The van der Waals surface area contributed by atoms with Crippen LogP contribution < -0.4 is 10.6 Å². The van der Waals surface area contributed by atoms with Crippen LogP contribution in [0.1, 0.15) is 13.8 Å². The second-order valence-electron chi connectivity index (χ2n) is 4.57. The summed E-state index contributed by atoms with van der Waals surface area (Å²) in [6.07, 6.45) is 1.60. The van der Waals surface area contributed by atoms with Crippen molar-refractivity contribution in [3.8, 4) is 0 Å². The fraction of sp³-hybridized carbons (Fsp3) is 0.308. The molecule has 0 aliphatic rings. The Balaban J connectivity index is 2.04. The first-order valence-electron chi connectivity index (χ1n) is 6.09. The highest BCUT2D eigenvalue weighted by molar-refractivity contribution is 9.10. The fourth-order valence-electron chi connectivity index (χ4n) is 1.42. The number of hydrogen-bond acceptors (Lipinski definition) is 5. The lowest BCUT2D eigenvalue weighted by Crippen LogP contribution is -2.11. The molecule has 2 aromatic rings. The van der Waals surface area contributed by atoms with E-state index in [2.05, 4.69) is 55.6 Å². The van der Waals surface area contributed by atoms with E-state index in [4.69, 9.17) is 0 Å². The number of rotatable bonds is 5. The van der Waals surface area contributed by atoms with Crippen LogP contribution in [0.2, 0.25) is 0 Å². The minimum absolute atomic E-state index is 0.534. The van der Waals surface area contributed by atoms with Gasteiger partial charge in [-0.05, 0) is 30.2 Å². The van der Waals surface area contributed by atoms with Crippen LogP contribution in [-0.4, -0.2) is 21.7 Å². The molecule has 1 heterocycles. The summed E-state index contributed by atoms with van der Waals surface area (Å²) in [5.74, 6) is 1.74. The Hall–Kier alpha value is -1.69. The predicted octanol–water partition coefficient (Wildman–Crippen LogP) is 3.45. The van der Waals surface area contributed by atoms with Gasteiger partial charge in [0.1, 0.15) is 0 Å². The molecule has 0 aliphatic carbocycles. The number of anilines is 3. The quantitative estimate of drug-likeness (QED) is 0.883. The average Bonchev–Trinajstić information content (AvgIpc) is 2.40. The van der Waals surface area contributed by atoms with Gasteiger partial charge >= 0.3 is 0 Å². The molecule has 2 rings (SSSR count). The molecule has 0 atom stereocenters. The molecule has 100 valence electrons. The van der Waals surface area contributed by atoms with E-state index in [-0.39, 0.29) is 0 Å². The van der Waals surface area contributed by atoms with Gasteiger partial charge in [0, 0.05) is 16.7 Å². The summed E-state index contributed by atoms with van der Waals surface area (Å²) in [5.41, 5.74) is 0.957. The van der Waals surface area contributed by atoms with Gasteiger partial charge in [0.25, 0.3) is 0 Å². The first-order chi connectivity index (χ1) is 9.13. The minimum atomic E-state index is 0.534. The minimum Gasteiger partial charge on any atom is -0.353 e. The summed E-state index contributed by atoms with van der Waals surface area (Å²) < 4.78 is 1.04. The number of halogens is 1. The lowest BCUT2D eigenvalue weighted by Gasteiger charge is -2.09. The van der Waals surface area contributed by atoms with Crippen LogP contribution in [0.25, 0.3) is 0 Å². The monoisotopic (exact) mass is 321 g/mol. The van der Waals surface area contributed by atoms with Crippen molar-refractivity contribution >= 4 is 33.4 Å². The number of nitrogens with one attached hydrogen (secondary N) is 2. The molecule has 0 aliphatic heterocycles. The Morgan fingerprint density at radius 3 is 2.63 bits per heavy atom. The summed E-state index contributed by atoms with van der Waals surface area (Å²) in [6, 6.07) is 7.87. The third-order valence-corrected chi connectivity index (χ3v) is 2.87. The van der Waals surface area contributed by atoms with Crippen molar-refractivity contribution in [1.29, 1.82) is 0 Å². The highest BCUT2D eigenvalue weighted by Gasteiger charge is 2.02. The van der Waals surface area contributed by atoms with Crippen molar-refractivity contribution in [2.75, 3.05) is 17.2 Å². The van der Waals surface area contributed by atoms with Crippen molar-refractivity contribution in [3.63, 3.8) is 0 Å².